The van der Waals surface area contributed by atoms with Crippen LogP contribution in [0.3, 0.4) is 0 Å². The molecule has 0 saturated heterocycles. The Labute approximate surface area is 198 Å². The molecule has 170 valence electrons. The van der Waals surface area contributed by atoms with E-state index in [2.05, 4.69) is 15.3 Å². The molecule has 0 aliphatic heterocycles. The maximum Gasteiger partial charge on any atom is 0.277 e. The van der Waals surface area contributed by atoms with Crippen LogP contribution in [0.25, 0.3) is 22.4 Å². The number of nitrogens with zero attached hydrogens (tertiary/aromatic N) is 4. The largest absolute Gasteiger partial charge is 0.496 e. The molecule has 5 aromatic rings. The number of halogens is 1. The van der Waals surface area contributed by atoms with E-state index in [4.69, 9.17) is 9.15 Å². The van der Waals surface area contributed by atoms with Gasteiger partial charge in [0, 0.05) is 16.7 Å². The summed E-state index contributed by atoms with van der Waals surface area (Å²) in [5, 5.41) is 14.3. The van der Waals surface area contributed by atoms with Gasteiger partial charge in [0.05, 0.1) is 19.0 Å². The van der Waals surface area contributed by atoms with E-state index in [0.717, 1.165) is 5.56 Å². The fourth-order valence-corrected chi connectivity index (χ4v) is 4.36. The van der Waals surface area contributed by atoms with Gasteiger partial charge >= 0.3 is 0 Å². The predicted molar refractivity (Wildman–Crippen MR) is 127 cm³/mol. The molecule has 2 heterocycles. The summed E-state index contributed by atoms with van der Waals surface area (Å²) in [7, 11) is 1.54. The molecule has 7 nitrogen and oxygen atoms in total. The van der Waals surface area contributed by atoms with Gasteiger partial charge in [-0.2, -0.15) is 5.10 Å². The van der Waals surface area contributed by atoms with Crippen molar-refractivity contribution in [1.29, 1.82) is 0 Å². The summed E-state index contributed by atoms with van der Waals surface area (Å²) in [6.07, 6.45) is 0. The van der Waals surface area contributed by atoms with Crippen molar-refractivity contribution in [3.63, 3.8) is 0 Å². The van der Waals surface area contributed by atoms with Crippen molar-refractivity contribution in [3.8, 4) is 17.3 Å². The van der Waals surface area contributed by atoms with Crippen LogP contribution < -0.4 is 10.3 Å². The molecule has 0 unspecified atom stereocenters. The lowest BCUT2D eigenvalue weighted by Gasteiger charge is -2.09. The van der Waals surface area contributed by atoms with Gasteiger partial charge in [-0.1, -0.05) is 60.3 Å². The van der Waals surface area contributed by atoms with Crippen molar-refractivity contribution >= 4 is 22.5 Å². The molecule has 0 aliphatic rings. The first-order valence-corrected chi connectivity index (χ1v) is 11.4. The molecular weight excluding hydrogens is 455 g/mol. The lowest BCUT2D eigenvalue weighted by Crippen LogP contribution is -2.24. The van der Waals surface area contributed by atoms with Gasteiger partial charge in [-0.05, 0) is 29.8 Å². The van der Waals surface area contributed by atoms with Gasteiger partial charge in [0.25, 0.3) is 16.7 Å². The lowest BCUT2D eigenvalue weighted by atomic mass is 10.1. The first-order chi connectivity index (χ1) is 16.6. The third kappa shape index (κ3) is 4.42. The van der Waals surface area contributed by atoms with Crippen molar-refractivity contribution in [2.45, 2.75) is 17.5 Å². The first kappa shape index (κ1) is 21.8. The second-order valence-corrected chi connectivity index (χ2v) is 8.39. The molecule has 0 bridgehead atoms. The summed E-state index contributed by atoms with van der Waals surface area (Å²) in [6, 6.07) is 21.2. The highest BCUT2D eigenvalue weighted by Gasteiger charge is 2.18. The SMILES string of the molecule is COc1ccc(F)cc1CSc1nnc(-c2nn(Cc3ccccc3)c(=O)c3ccccc23)o1. The van der Waals surface area contributed by atoms with E-state index in [1.165, 1.54) is 35.7 Å². The number of hydrogen-bond donors (Lipinski definition) is 0. The second kappa shape index (κ2) is 9.48. The normalized spacial score (nSPS) is 11.1. The molecule has 0 spiro atoms. The number of ether oxygens (including phenoxy) is 1. The van der Waals surface area contributed by atoms with Crippen molar-refractivity contribution in [2.75, 3.05) is 7.11 Å². The van der Waals surface area contributed by atoms with Crippen LogP contribution in [0.15, 0.2) is 87.2 Å². The number of fused-ring (bicyclic) bond motifs is 1. The standard InChI is InChI=1S/C25H19FN4O3S/c1-32-21-12-11-18(26)13-17(21)15-34-25-28-27-23(33-25)22-19-9-5-6-10-20(19)24(31)30(29-22)14-16-7-3-2-4-8-16/h2-13H,14-15H2,1H3. The topological polar surface area (TPSA) is 83.0 Å². The van der Waals surface area contributed by atoms with Crippen molar-refractivity contribution in [1.82, 2.24) is 20.0 Å². The summed E-state index contributed by atoms with van der Waals surface area (Å²) in [4.78, 5) is 13.1. The summed E-state index contributed by atoms with van der Waals surface area (Å²) < 4.78 is 26.2. The van der Waals surface area contributed by atoms with Gasteiger partial charge in [0.1, 0.15) is 11.6 Å². The minimum absolute atomic E-state index is 0.199. The number of hydrogen-bond acceptors (Lipinski definition) is 7. The Bertz CT molecular complexity index is 1520. The molecule has 0 aliphatic carbocycles. The highest BCUT2D eigenvalue weighted by molar-refractivity contribution is 7.98. The van der Waals surface area contributed by atoms with Crippen LogP contribution in [-0.4, -0.2) is 27.1 Å². The third-order valence-corrected chi connectivity index (χ3v) is 6.11. The fraction of sp³-hybridized carbons (Fsp3) is 0.120. The van der Waals surface area contributed by atoms with Gasteiger partial charge in [0.15, 0.2) is 5.69 Å². The van der Waals surface area contributed by atoms with Crippen LogP contribution in [0.5, 0.6) is 5.75 Å². The molecule has 0 atom stereocenters. The summed E-state index contributed by atoms with van der Waals surface area (Å²) in [6.45, 7) is 0.312. The molecule has 5 rings (SSSR count). The zero-order valence-electron chi connectivity index (χ0n) is 18.1. The van der Waals surface area contributed by atoms with Crippen LogP contribution in [-0.2, 0) is 12.3 Å². The zero-order chi connectivity index (χ0) is 23.5. The Morgan fingerprint density at radius 2 is 1.76 bits per heavy atom. The summed E-state index contributed by atoms with van der Waals surface area (Å²) in [5.41, 5.74) is 1.85. The third-order valence-electron chi connectivity index (χ3n) is 5.25. The molecule has 34 heavy (non-hydrogen) atoms. The second-order valence-electron chi connectivity index (χ2n) is 7.46. The number of aromatic nitrogens is 4. The van der Waals surface area contributed by atoms with Crippen LogP contribution in [0, 0.1) is 5.82 Å². The molecular formula is C25H19FN4O3S. The number of benzene rings is 3. The maximum absolute atomic E-state index is 13.7. The van der Waals surface area contributed by atoms with Crippen molar-refractivity contribution in [3.05, 3.63) is 100 Å². The van der Waals surface area contributed by atoms with Gasteiger partial charge < -0.3 is 9.15 Å². The molecule has 9 heteroatoms. The van der Waals surface area contributed by atoms with Crippen molar-refractivity contribution < 1.29 is 13.5 Å². The van der Waals surface area contributed by atoms with Gasteiger partial charge in [-0.3, -0.25) is 4.79 Å². The van der Waals surface area contributed by atoms with Gasteiger partial charge in [0.2, 0.25) is 0 Å². The monoisotopic (exact) mass is 474 g/mol. The van der Waals surface area contributed by atoms with Crippen LogP contribution in [0.4, 0.5) is 4.39 Å². The minimum Gasteiger partial charge on any atom is -0.496 e. The highest BCUT2D eigenvalue weighted by Crippen LogP contribution is 2.30. The quantitative estimate of drug-likeness (QED) is 0.309. The highest BCUT2D eigenvalue weighted by atomic mass is 32.2. The Kier molecular flexibility index (Phi) is 6.09. The Hall–Kier alpha value is -3.98. The minimum atomic E-state index is -0.348. The van der Waals surface area contributed by atoms with Crippen LogP contribution in [0.2, 0.25) is 0 Å². The van der Waals surface area contributed by atoms with Crippen LogP contribution >= 0.6 is 11.8 Å². The average Bonchev–Trinajstić information content (AvgIpc) is 3.34. The summed E-state index contributed by atoms with van der Waals surface area (Å²) >= 11 is 1.26. The van der Waals surface area contributed by atoms with Crippen molar-refractivity contribution in [2.24, 2.45) is 0 Å². The molecule has 0 N–H and O–H groups in total. The number of rotatable bonds is 7. The zero-order valence-corrected chi connectivity index (χ0v) is 19.0. The van der Waals surface area contributed by atoms with Gasteiger partial charge in [-0.25, -0.2) is 9.07 Å². The Balaban J connectivity index is 1.48. The Morgan fingerprint density at radius 3 is 2.56 bits per heavy atom. The average molecular weight is 475 g/mol. The molecule has 0 saturated carbocycles. The Morgan fingerprint density at radius 1 is 1.00 bits per heavy atom. The molecule has 2 aromatic heterocycles. The van der Waals surface area contributed by atoms with E-state index >= 15 is 0 Å². The number of methoxy groups -OCH3 is 1. The fourth-order valence-electron chi connectivity index (χ4n) is 3.62. The lowest BCUT2D eigenvalue weighted by molar-refractivity contribution is 0.410. The van der Waals surface area contributed by atoms with E-state index in [1.807, 2.05) is 42.5 Å². The van der Waals surface area contributed by atoms with E-state index in [-0.39, 0.29) is 17.3 Å². The maximum atomic E-state index is 13.7. The van der Waals surface area contributed by atoms with E-state index < -0.39 is 0 Å². The molecule has 0 fully saturated rings. The molecule has 0 radical (unpaired) electrons. The number of thioether (sulfide) groups is 1. The van der Waals surface area contributed by atoms with E-state index in [9.17, 15) is 9.18 Å². The van der Waals surface area contributed by atoms with Crippen LogP contribution in [0.1, 0.15) is 11.1 Å². The summed E-state index contributed by atoms with van der Waals surface area (Å²) in [5.74, 6) is 0.810. The first-order valence-electron chi connectivity index (χ1n) is 10.5. The van der Waals surface area contributed by atoms with E-state index in [0.29, 0.717) is 45.3 Å². The molecule has 0 amide bonds. The predicted octanol–water partition coefficient (Wildman–Crippen LogP) is 4.93. The molecule has 3 aromatic carbocycles. The smallest absolute Gasteiger partial charge is 0.277 e. The van der Waals surface area contributed by atoms with E-state index in [1.54, 1.807) is 18.2 Å². The van der Waals surface area contributed by atoms with Gasteiger partial charge in [-0.15, -0.1) is 10.2 Å².